The van der Waals surface area contributed by atoms with Gasteiger partial charge in [-0.3, -0.25) is 4.79 Å². The van der Waals surface area contributed by atoms with E-state index in [1.54, 1.807) is 0 Å². The maximum absolute atomic E-state index is 12.2. The minimum atomic E-state index is 0.00858. The van der Waals surface area contributed by atoms with Gasteiger partial charge in [-0.2, -0.15) is 4.98 Å². The number of aromatic amines is 1. The van der Waals surface area contributed by atoms with Gasteiger partial charge >= 0.3 is 0 Å². The number of H-pyrrole nitrogens is 1. The van der Waals surface area contributed by atoms with E-state index in [9.17, 15) is 4.79 Å². The molecule has 34 heavy (non-hydrogen) atoms. The quantitative estimate of drug-likeness (QED) is 0.386. The second-order valence-corrected chi connectivity index (χ2v) is 9.38. The average Bonchev–Trinajstić information content (AvgIpc) is 3.25. The second kappa shape index (κ2) is 9.47. The number of pyridine rings is 1. The van der Waals surface area contributed by atoms with Gasteiger partial charge in [0.2, 0.25) is 5.91 Å². The van der Waals surface area contributed by atoms with Crippen molar-refractivity contribution in [1.29, 1.82) is 0 Å². The maximum atomic E-state index is 12.2. The highest BCUT2D eigenvalue weighted by Crippen LogP contribution is 2.32. The van der Waals surface area contributed by atoms with Gasteiger partial charge < -0.3 is 14.6 Å². The molecule has 1 fully saturated rings. The lowest BCUT2D eigenvalue weighted by Crippen LogP contribution is -2.43. The fourth-order valence-electron chi connectivity index (χ4n) is 4.35. The topological polar surface area (TPSA) is 71.1 Å². The Morgan fingerprint density at radius 3 is 2.44 bits per heavy atom. The first kappa shape index (κ1) is 22.4. The summed E-state index contributed by atoms with van der Waals surface area (Å²) in [7, 11) is 0. The van der Waals surface area contributed by atoms with Crippen molar-refractivity contribution in [3.05, 3.63) is 65.7 Å². The van der Waals surface area contributed by atoms with Crippen LogP contribution in [0.5, 0.6) is 6.01 Å². The molecular weight excluding hydrogens is 448 g/mol. The summed E-state index contributed by atoms with van der Waals surface area (Å²) in [4.78, 5) is 26.6. The molecule has 0 saturated carbocycles. The van der Waals surface area contributed by atoms with E-state index in [-0.39, 0.29) is 17.9 Å². The maximum Gasteiger partial charge on any atom is 0.296 e. The zero-order chi connectivity index (χ0) is 23.7. The molecule has 7 heteroatoms. The number of carbonyl (C=O) groups is 1. The highest BCUT2D eigenvalue weighted by molar-refractivity contribution is 6.33. The van der Waals surface area contributed by atoms with Crippen molar-refractivity contribution in [2.24, 2.45) is 5.92 Å². The van der Waals surface area contributed by atoms with Gasteiger partial charge in [0, 0.05) is 37.4 Å². The van der Waals surface area contributed by atoms with E-state index < -0.39 is 0 Å². The molecule has 1 saturated heterocycles. The molecule has 2 aromatic heterocycles. The van der Waals surface area contributed by atoms with Gasteiger partial charge in [0.25, 0.3) is 6.01 Å². The van der Waals surface area contributed by atoms with Crippen molar-refractivity contribution >= 4 is 28.7 Å². The van der Waals surface area contributed by atoms with Crippen LogP contribution in [0.1, 0.15) is 26.7 Å². The largest absolute Gasteiger partial charge is 0.461 e. The molecule has 1 aliphatic heterocycles. The predicted molar refractivity (Wildman–Crippen MR) is 135 cm³/mol. The van der Waals surface area contributed by atoms with E-state index in [1.807, 2.05) is 55.1 Å². The molecule has 174 valence electrons. The van der Waals surface area contributed by atoms with Crippen LogP contribution in [0.25, 0.3) is 33.5 Å². The van der Waals surface area contributed by atoms with Crippen LogP contribution in [-0.2, 0) is 4.79 Å². The van der Waals surface area contributed by atoms with Gasteiger partial charge in [-0.1, -0.05) is 74.0 Å². The molecule has 2 aromatic carbocycles. The number of carbonyl (C=O) groups excluding carboxylic acids is 1. The Morgan fingerprint density at radius 1 is 1.00 bits per heavy atom. The second-order valence-electron chi connectivity index (χ2n) is 8.98. The number of fused-ring (bicyclic) bond motifs is 1. The fraction of sp³-hybridized carbons (Fsp3) is 0.296. The van der Waals surface area contributed by atoms with E-state index in [2.05, 4.69) is 34.2 Å². The fourth-order valence-corrected chi connectivity index (χ4v) is 4.61. The summed E-state index contributed by atoms with van der Waals surface area (Å²) >= 11 is 6.62. The van der Waals surface area contributed by atoms with E-state index in [1.165, 1.54) is 0 Å². The number of benzene rings is 2. The Labute approximate surface area is 203 Å². The SMILES string of the molecule is CC(C)C(=O)N1CCC(Oc2nc3nc(-c4cccc(-c5ccccc5)c4)c(Cl)cc3[nH]2)CC1. The molecule has 6 nitrogen and oxygen atoms in total. The van der Waals surface area contributed by atoms with E-state index in [4.69, 9.17) is 21.3 Å². The van der Waals surface area contributed by atoms with Gasteiger partial charge in [-0.25, -0.2) is 4.98 Å². The number of hydrogen-bond donors (Lipinski definition) is 1. The molecule has 0 aliphatic carbocycles. The normalized spacial score (nSPS) is 14.6. The van der Waals surface area contributed by atoms with E-state index in [0.29, 0.717) is 35.5 Å². The van der Waals surface area contributed by atoms with Crippen molar-refractivity contribution < 1.29 is 9.53 Å². The number of nitrogens with zero attached hydrogens (tertiary/aromatic N) is 3. The Balaban J connectivity index is 1.35. The molecule has 0 spiro atoms. The Kier molecular flexibility index (Phi) is 6.24. The van der Waals surface area contributed by atoms with Crippen LogP contribution >= 0.6 is 11.6 Å². The Morgan fingerprint density at radius 2 is 1.71 bits per heavy atom. The molecule has 4 aromatic rings. The van der Waals surface area contributed by atoms with Gasteiger partial charge in [0.05, 0.1) is 16.2 Å². The number of rotatable bonds is 5. The first-order valence-corrected chi connectivity index (χ1v) is 12.0. The molecule has 0 bridgehead atoms. The number of ether oxygens (including phenoxy) is 1. The first-order valence-electron chi connectivity index (χ1n) is 11.7. The zero-order valence-electron chi connectivity index (χ0n) is 19.3. The number of hydrogen-bond acceptors (Lipinski definition) is 4. The smallest absolute Gasteiger partial charge is 0.296 e. The molecule has 3 heterocycles. The summed E-state index contributed by atoms with van der Waals surface area (Å²) in [5.41, 5.74) is 5.15. The van der Waals surface area contributed by atoms with Crippen LogP contribution in [0.15, 0.2) is 60.7 Å². The van der Waals surface area contributed by atoms with Crippen LogP contribution < -0.4 is 4.74 Å². The minimum absolute atomic E-state index is 0.00858. The van der Waals surface area contributed by atoms with Gasteiger partial charge in [0.1, 0.15) is 6.10 Å². The molecule has 1 aliphatic rings. The average molecular weight is 475 g/mol. The molecule has 0 radical (unpaired) electrons. The molecule has 0 atom stereocenters. The summed E-state index contributed by atoms with van der Waals surface area (Å²) in [5.74, 6) is 0.219. The van der Waals surface area contributed by atoms with E-state index in [0.717, 1.165) is 35.0 Å². The number of halogens is 1. The highest BCUT2D eigenvalue weighted by atomic mass is 35.5. The van der Waals surface area contributed by atoms with Gasteiger partial charge in [-0.05, 0) is 23.3 Å². The Hall–Kier alpha value is -3.38. The number of amides is 1. The number of imidazole rings is 1. The number of likely N-dealkylation sites (tertiary alicyclic amines) is 1. The van der Waals surface area contributed by atoms with Crippen LogP contribution in [0.2, 0.25) is 5.02 Å². The van der Waals surface area contributed by atoms with Crippen LogP contribution in [0.4, 0.5) is 0 Å². The predicted octanol–water partition coefficient (Wildman–Crippen LogP) is 5.97. The molecule has 1 N–H and O–H groups in total. The van der Waals surface area contributed by atoms with Gasteiger partial charge in [0.15, 0.2) is 5.65 Å². The standard InChI is InChI=1S/C27H27ClN4O2/c1-17(2)26(33)32-13-11-21(12-14-32)34-27-29-23-16-22(28)24(30-25(23)31-27)20-10-6-9-19(15-20)18-7-4-3-5-8-18/h3-10,15-17,21H,11-14H2,1-2H3,(H,29,30,31). The van der Waals surface area contributed by atoms with Crippen LogP contribution in [-0.4, -0.2) is 45.0 Å². The minimum Gasteiger partial charge on any atom is -0.461 e. The van der Waals surface area contributed by atoms with Crippen LogP contribution in [0.3, 0.4) is 0 Å². The van der Waals surface area contributed by atoms with E-state index >= 15 is 0 Å². The molecular formula is C27H27ClN4O2. The summed E-state index contributed by atoms with van der Waals surface area (Å²) in [5, 5.41) is 0.549. The van der Waals surface area contributed by atoms with Crippen molar-refractivity contribution in [2.45, 2.75) is 32.8 Å². The van der Waals surface area contributed by atoms with Crippen LogP contribution in [0, 0.1) is 5.92 Å². The van der Waals surface area contributed by atoms with Crippen molar-refractivity contribution in [3.8, 4) is 28.4 Å². The summed E-state index contributed by atoms with van der Waals surface area (Å²) < 4.78 is 6.10. The lowest BCUT2D eigenvalue weighted by Gasteiger charge is -2.32. The van der Waals surface area contributed by atoms with Crippen molar-refractivity contribution in [2.75, 3.05) is 13.1 Å². The summed E-state index contributed by atoms with van der Waals surface area (Å²) in [6, 6.07) is 20.7. The zero-order valence-corrected chi connectivity index (χ0v) is 20.0. The molecule has 1 amide bonds. The summed E-state index contributed by atoms with van der Waals surface area (Å²) in [6.45, 7) is 5.27. The Bertz CT molecular complexity index is 1310. The number of nitrogens with one attached hydrogen (secondary N) is 1. The third-order valence-electron chi connectivity index (χ3n) is 6.17. The molecule has 0 unspecified atom stereocenters. The third-order valence-corrected chi connectivity index (χ3v) is 6.46. The van der Waals surface area contributed by atoms with Crippen molar-refractivity contribution in [1.82, 2.24) is 19.9 Å². The monoisotopic (exact) mass is 474 g/mol. The highest BCUT2D eigenvalue weighted by Gasteiger charge is 2.26. The number of piperidine rings is 1. The lowest BCUT2D eigenvalue weighted by molar-refractivity contribution is -0.136. The van der Waals surface area contributed by atoms with Gasteiger partial charge in [-0.15, -0.1) is 0 Å². The third kappa shape index (κ3) is 4.64. The first-order chi connectivity index (χ1) is 16.5. The van der Waals surface area contributed by atoms with Crippen molar-refractivity contribution in [3.63, 3.8) is 0 Å². The number of aromatic nitrogens is 3. The lowest BCUT2D eigenvalue weighted by atomic mass is 10.0. The summed E-state index contributed by atoms with van der Waals surface area (Å²) in [6.07, 6.45) is 1.57. The molecule has 5 rings (SSSR count).